The zero-order chi connectivity index (χ0) is 42.0. The van der Waals surface area contributed by atoms with Crippen LogP contribution in [0, 0.1) is 7.14 Å². The Morgan fingerprint density at radius 3 is 2.37 bits per heavy atom. The smallest absolute Gasteiger partial charge is 0.264 e. The van der Waals surface area contributed by atoms with E-state index in [0.717, 1.165) is 49.3 Å². The summed E-state index contributed by atoms with van der Waals surface area (Å²) in [5.74, 6) is -0.241. The highest BCUT2D eigenvalue weighted by molar-refractivity contribution is 14.1. The van der Waals surface area contributed by atoms with E-state index in [9.17, 15) is 13.0 Å². The van der Waals surface area contributed by atoms with Gasteiger partial charge < -0.3 is 4.90 Å². The molecule has 1 aromatic heterocycles. The summed E-state index contributed by atoms with van der Waals surface area (Å²) < 4.78 is 39.3. The number of hydrogen-bond acceptors (Lipinski definition) is 7. The molecule has 2 aliphatic heterocycles. The Morgan fingerprint density at radius 1 is 0.881 bits per heavy atom. The van der Waals surface area contributed by atoms with Crippen LogP contribution in [0.5, 0.6) is 0 Å². The average molecular weight is 1060 g/mol. The average Bonchev–Trinajstić information content (AvgIpc) is 3.81. The van der Waals surface area contributed by atoms with Gasteiger partial charge in [-0.05, 0) is 185 Å². The van der Waals surface area contributed by atoms with Crippen LogP contribution in [0.2, 0.25) is 0 Å². The predicted octanol–water partition coefficient (Wildman–Crippen LogP) is 11.5. The number of tetrazole rings is 1. The fourth-order valence-electron chi connectivity index (χ4n) is 8.63. The van der Waals surface area contributed by atoms with Gasteiger partial charge in [-0.2, -0.15) is 17.7 Å². The van der Waals surface area contributed by atoms with Crippen molar-refractivity contribution in [3.63, 3.8) is 0 Å². The molecular formula is C46H53I2N6O3S2+. The van der Waals surface area contributed by atoms with Gasteiger partial charge in [0.15, 0.2) is 5.71 Å². The standard InChI is InChI=1S/C46H52I2N6O3S2/c1-6-7-11-27-52-39-23-21-34(47)30-37(39)45(2,3)41(52)25-19-32-15-14-16-33(43(32)58-44-49-50-51-54(44)36-17-9-8-10-18-36)20-26-42-46(4,5)38-31-35(48)22-24-40(38)53(42)28-12-13-29-59(55,56)57/h8-10,17-26,30-31H,6-7,11-16,27-29H2,1-5H3/p+1. The molecule has 0 atom stereocenters. The fraction of sp³-hybridized carbons (Fsp3) is 0.391. The molecule has 7 rings (SSSR count). The first-order valence-electron chi connectivity index (χ1n) is 20.5. The number of rotatable bonds is 15. The zero-order valence-corrected chi connectivity index (χ0v) is 40.4. The minimum absolute atomic E-state index is 0.159. The Kier molecular flexibility index (Phi) is 13.8. The van der Waals surface area contributed by atoms with Gasteiger partial charge in [-0.15, -0.1) is 5.10 Å². The highest BCUT2D eigenvalue weighted by Crippen LogP contribution is 2.49. The van der Waals surface area contributed by atoms with E-state index in [4.69, 9.17) is 0 Å². The van der Waals surface area contributed by atoms with Gasteiger partial charge in [0.1, 0.15) is 6.54 Å². The van der Waals surface area contributed by atoms with Crippen LogP contribution in [0.1, 0.15) is 97.1 Å². The van der Waals surface area contributed by atoms with Crippen LogP contribution in [0.15, 0.2) is 118 Å². The minimum Gasteiger partial charge on any atom is -0.344 e. The molecule has 0 bridgehead atoms. The number of aromatic nitrogens is 4. The largest absolute Gasteiger partial charge is 0.344 e. The van der Waals surface area contributed by atoms with Gasteiger partial charge >= 0.3 is 0 Å². The number of nitrogens with zero attached hydrogens (tertiary/aromatic N) is 6. The molecule has 0 saturated carbocycles. The lowest BCUT2D eigenvalue weighted by Gasteiger charge is -2.27. The van der Waals surface area contributed by atoms with Crippen LogP contribution < -0.4 is 4.90 Å². The molecule has 59 heavy (non-hydrogen) atoms. The summed E-state index contributed by atoms with van der Waals surface area (Å²) in [6, 6.07) is 23.5. The van der Waals surface area contributed by atoms with E-state index >= 15 is 0 Å². The number of benzene rings is 3. The minimum atomic E-state index is -4.02. The fourth-order valence-corrected chi connectivity index (χ4v) is 11.3. The predicted molar refractivity (Wildman–Crippen MR) is 258 cm³/mol. The van der Waals surface area contributed by atoms with Crippen LogP contribution in [-0.2, 0) is 20.9 Å². The van der Waals surface area contributed by atoms with E-state index < -0.39 is 10.1 Å². The number of hydrogen-bond donors (Lipinski definition) is 1. The molecule has 0 spiro atoms. The van der Waals surface area contributed by atoms with Crippen LogP contribution in [-0.4, -0.2) is 62.3 Å². The van der Waals surface area contributed by atoms with Crippen molar-refractivity contribution in [2.24, 2.45) is 0 Å². The molecule has 1 N–H and O–H groups in total. The molecule has 1 aliphatic carbocycles. The van der Waals surface area contributed by atoms with E-state index in [1.165, 1.54) is 58.6 Å². The normalized spacial score (nSPS) is 18.8. The second-order valence-electron chi connectivity index (χ2n) is 16.6. The molecule has 0 fully saturated rings. The summed E-state index contributed by atoms with van der Waals surface area (Å²) in [5.41, 5.74) is 10.5. The van der Waals surface area contributed by atoms with E-state index in [1.54, 1.807) is 11.8 Å². The lowest BCUT2D eigenvalue weighted by Crippen LogP contribution is -2.28. The summed E-state index contributed by atoms with van der Waals surface area (Å²) in [5, 5.41) is 13.8. The summed E-state index contributed by atoms with van der Waals surface area (Å²) >= 11 is 6.44. The Morgan fingerprint density at radius 2 is 1.63 bits per heavy atom. The molecule has 9 nitrogen and oxygen atoms in total. The van der Waals surface area contributed by atoms with Gasteiger partial charge in [0.25, 0.3) is 10.1 Å². The molecular weight excluding hydrogens is 1000 g/mol. The third-order valence-corrected chi connectivity index (χ3v) is 15.0. The van der Waals surface area contributed by atoms with Crippen molar-refractivity contribution in [3.8, 4) is 5.69 Å². The summed E-state index contributed by atoms with van der Waals surface area (Å²) in [6.45, 7) is 13.1. The van der Waals surface area contributed by atoms with E-state index in [2.05, 4.69) is 166 Å². The van der Waals surface area contributed by atoms with Crippen molar-refractivity contribution in [2.75, 3.05) is 23.7 Å². The summed E-state index contributed by atoms with van der Waals surface area (Å²) in [6.07, 6.45) is 16.7. The Hall–Kier alpha value is -3.12. The Balaban J connectivity index is 1.33. The summed E-state index contributed by atoms with van der Waals surface area (Å²) in [7, 11) is -4.02. The van der Waals surface area contributed by atoms with Crippen molar-refractivity contribution in [3.05, 3.63) is 131 Å². The maximum Gasteiger partial charge on any atom is 0.264 e. The van der Waals surface area contributed by atoms with Gasteiger partial charge in [-0.25, -0.2) is 0 Å². The van der Waals surface area contributed by atoms with E-state index in [1.807, 2.05) is 35.0 Å². The van der Waals surface area contributed by atoms with Crippen LogP contribution in [0.25, 0.3) is 5.69 Å². The molecule has 4 aromatic rings. The van der Waals surface area contributed by atoms with Crippen molar-refractivity contribution in [1.29, 1.82) is 0 Å². The highest BCUT2D eigenvalue weighted by atomic mass is 127. The first kappa shape index (κ1) is 44.0. The van der Waals surface area contributed by atoms with Crippen LogP contribution in [0.3, 0.4) is 0 Å². The molecule has 0 amide bonds. The molecule has 3 heterocycles. The first-order chi connectivity index (χ1) is 28.2. The quantitative estimate of drug-likeness (QED) is 0.0543. The maximum absolute atomic E-state index is 11.6. The zero-order valence-electron chi connectivity index (χ0n) is 34.5. The number of unbranched alkanes of at least 4 members (excludes halogenated alkanes) is 3. The Labute approximate surface area is 381 Å². The van der Waals surface area contributed by atoms with Crippen molar-refractivity contribution in [2.45, 2.75) is 102 Å². The second-order valence-corrected chi connectivity index (χ2v) is 21.6. The van der Waals surface area contributed by atoms with Crippen LogP contribution in [0.4, 0.5) is 11.4 Å². The molecule has 3 aliphatic rings. The van der Waals surface area contributed by atoms with Crippen LogP contribution >= 0.6 is 56.9 Å². The second kappa shape index (κ2) is 18.5. The van der Waals surface area contributed by atoms with E-state index in [-0.39, 0.29) is 16.6 Å². The van der Waals surface area contributed by atoms with Crippen molar-refractivity contribution in [1.82, 2.24) is 20.2 Å². The van der Waals surface area contributed by atoms with Gasteiger partial charge in [-0.3, -0.25) is 4.55 Å². The molecule has 0 unspecified atom stereocenters. The van der Waals surface area contributed by atoms with Gasteiger partial charge in [0.05, 0.1) is 16.9 Å². The maximum atomic E-state index is 11.6. The molecule has 310 valence electrons. The number of allylic oxidation sites excluding steroid dienone is 7. The SMILES string of the molecule is CCCCC[N+]1=C(/C=C/C2=C(Sc3nnnn3-c3ccccc3)C(=C/C=C3/N(CCCCS(=O)(=O)O)c4ccc(I)cc4C3(C)C)/CCC2)C(C)(C)c2cc(I)ccc21. The Bertz CT molecular complexity index is 2490. The molecule has 13 heteroatoms. The lowest BCUT2D eigenvalue weighted by atomic mass is 9.81. The first-order valence-corrected chi connectivity index (χ1v) is 25.1. The van der Waals surface area contributed by atoms with Crippen molar-refractivity contribution < 1.29 is 17.5 Å². The monoisotopic (exact) mass is 1060 g/mol. The number of halogens is 2. The number of anilines is 1. The highest BCUT2D eigenvalue weighted by Gasteiger charge is 2.44. The number of fused-ring (bicyclic) bond motifs is 2. The topological polar surface area (TPSA) is 104 Å². The third kappa shape index (κ3) is 9.68. The molecule has 3 aromatic carbocycles. The third-order valence-electron chi connectivity index (χ3n) is 11.7. The molecule has 0 radical (unpaired) electrons. The van der Waals surface area contributed by atoms with Crippen molar-refractivity contribution >= 4 is 84.1 Å². The number of para-hydroxylation sites is 1. The van der Waals surface area contributed by atoms with E-state index in [0.29, 0.717) is 24.5 Å². The van der Waals surface area contributed by atoms with Gasteiger partial charge in [0.2, 0.25) is 10.8 Å². The lowest BCUT2D eigenvalue weighted by molar-refractivity contribution is -0.438. The van der Waals surface area contributed by atoms with Gasteiger partial charge in [0, 0.05) is 59.5 Å². The number of thioether (sulfide) groups is 1. The van der Waals surface area contributed by atoms with Gasteiger partial charge in [-0.1, -0.05) is 57.5 Å². The summed E-state index contributed by atoms with van der Waals surface area (Å²) in [4.78, 5) is 3.51. The molecule has 0 saturated heterocycles.